The van der Waals surface area contributed by atoms with E-state index in [4.69, 9.17) is 4.74 Å². The number of para-hydroxylation sites is 1. The number of H-pyrrole nitrogens is 1. The number of ether oxygens (including phenoxy) is 1. The predicted molar refractivity (Wildman–Crippen MR) is 153 cm³/mol. The van der Waals surface area contributed by atoms with Gasteiger partial charge in [-0.1, -0.05) is 30.3 Å². The number of hydrogen-bond acceptors (Lipinski definition) is 3. The molecule has 7 rings (SSSR count). The van der Waals surface area contributed by atoms with Gasteiger partial charge in [0.1, 0.15) is 5.82 Å². The summed E-state index contributed by atoms with van der Waals surface area (Å²) in [6.07, 6.45) is 9.39. The van der Waals surface area contributed by atoms with E-state index in [9.17, 15) is 14.0 Å². The number of aromatic amines is 1. The Balaban J connectivity index is 1.21. The van der Waals surface area contributed by atoms with Gasteiger partial charge in [0.25, 0.3) is 0 Å². The number of benzene rings is 2. The van der Waals surface area contributed by atoms with Gasteiger partial charge in [-0.2, -0.15) is 0 Å². The van der Waals surface area contributed by atoms with E-state index in [1.54, 1.807) is 24.1 Å². The van der Waals surface area contributed by atoms with Gasteiger partial charge in [-0.15, -0.1) is 0 Å². The molecule has 0 atom stereocenters. The van der Waals surface area contributed by atoms with Crippen LogP contribution < -0.4 is 0 Å². The van der Waals surface area contributed by atoms with Gasteiger partial charge in [-0.25, -0.2) is 4.39 Å². The van der Waals surface area contributed by atoms with E-state index in [1.807, 2.05) is 29.3 Å². The third-order valence-electron chi connectivity index (χ3n) is 9.64. The number of rotatable bonds is 11. The van der Waals surface area contributed by atoms with Crippen LogP contribution in [0.1, 0.15) is 49.7 Å². The number of carbonyl (C=O) groups is 2. The zero-order valence-corrected chi connectivity index (χ0v) is 23.4. The van der Waals surface area contributed by atoms with Gasteiger partial charge in [-0.05, 0) is 92.0 Å². The molecule has 40 heavy (non-hydrogen) atoms. The Morgan fingerprint density at radius 3 is 2.30 bits per heavy atom. The van der Waals surface area contributed by atoms with Crippen molar-refractivity contribution >= 4 is 22.7 Å². The van der Waals surface area contributed by atoms with Crippen LogP contribution in [0.15, 0.2) is 54.7 Å². The van der Waals surface area contributed by atoms with E-state index in [0.717, 1.165) is 41.3 Å². The van der Waals surface area contributed by atoms with Crippen LogP contribution in [0.3, 0.4) is 0 Å². The minimum Gasteiger partial charge on any atom is -0.383 e. The summed E-state index contributed by atoms with van der Waals surface area (Å²) < 4.78 is 19.0. The van der Waals surface area contributed by atoms with Gasteiger partial charge >= 0.3 is 0 Å². The molecule has 4 bridgehead atoms. The largest absolute Gasteiger partial charge is 0.383 e. The molecule has 1 heterocycles. The van der Waals surface area contributed by atoms with E-state index in [2.05, 4.69) is 11.1 Å². The standard InChI is InChI=1S/C33H40FN3O3/c1-40-13-12-37(32(39)33-17-24-14-25(18-33)16-26(15-24)19-33)22-31(38)36(21-23-6-8-28(34)9-7-23)11-10-27-20-35-30-5-3-2-4-29(27)30/h2-9,20,24-26,35H,10-19,21-22H2,1H3. The summed E-state index contributed by atoms with van der Waals surface area (Å²) in [4.78, 5) is 35.1. The van der Waals surface area contributed by atoms with Crippen LogP contribution in [-0.4, -0.2) is 59.9 Å². The molecule has 0 unspecified atom stereocenters. The minimum absolute atomic E-state index is 0.0407. The van der Waals surface area contributed by atoms with E-state index in [0.29, 0.717) is 50.4 Å². The quantitative estimate of drug-likeness (QED) is 0.343. The highest BCUT2D eigenvalue weighted by molar-refractivity contribution is 5.88. The number of nitrogens with one attached hydrogen (secondary N) is 1. The predicted octanol–water partition coefficient (Wildman–Crippen LogP) is 5.57. The van der Waals surface area contributed by atoms with Gasteiger partial charge in [0.05, 0.1) is 18.6 Å². The summed E-state index contributed by atoms with van der Waals surface area (Å²) in [5, 5.41) is 1.15. The average molecular weight is 546 g/mol. The zero-order valence-electron chi connectivity index (χ0n) is 23.4. The molecule has 4 saturated carbocycles. The lowest BCUT2D eigenvalue weighted by Crippen LogP contribution is -2.56. The lowest BCUT2D eigenvalue weighted by molar-refractivity contribution is -0.161. The van der Waals surface area contributed by atoms with Crippen molar-refractivity contribution in [3.63, 3.8) is 0 Å². The van der Waals surface area contributed by atoms with Crippen LogP contribution in [-0.2, 0) is 27.3 Å². The SMILES string of the molecule is COCCN(CC(=O)N(CCc1c[nH]c2ccccc12)Cc1ccc(F)cc1)C(=O)C12CC3CC(CC(C3)C1)C2. The third kappa shape index (κ3) is 5.53. The Labute approximate surface area is 235 Å². The molecule has 0 radical (unpaired) electrons. The number of aromatic nitrogens is 1. The van der Waals surface area contributed by atoms with Crippen molar-refractivity contribution in [1.82, 2.24) is 14.8 Å². The summed E-state index contributed by atoms with van der Waals surface area (Å²) >= 11 is 0. The second kappa shape index (κ2) is 11.4. The normalized spacial score (nSPS) is 24.9. The Morgan fingerprint density at radius 2 is 1.62 bits per heavy atom. The summed E-state index contributed by atoms with van der Waals surface area (Å²) in [6.45, 7) is 1.72. The minimum atomic E-state index is -0.311. The first kappa shape index (κ1) is 27.0. The smallest absolute Gasteiger partial charge is 0.242 e. The molecule has 2 aromatic carbocycles. The van der Waals surface area contributed by atoms with Gasteiger partial charge in [-0.3, -0.25) is 9.59 Å². The van der Waals surface area contributed by atoms with Gasteiger partial charge in [0.15, 0.2) is 0 Å². The summed E-state index contributed by atoms with van der Waals surface area (Å²) in [7, 11) is 1.64. The van der Waals surface area contributed by atoms with Crippen molar-refractivity contribution in [2.45, 2.75) is 51.5 Å². The van der Waals surface area contributed by atoms with Crippen molar-refractivity contribution in [3.05, 3.63) is 71.7 Å². The Bertz CT molecular complexity index is 1320. The van der Waals surface area contributed by atoms with Crippen molar-refractivity contribution in [3.8, 4) is 0 Å². The Hall–Kier alpha value is -3.19. The van der Waals surface area contributed by atoms with Gasteiger partial charge in [0.2, 0.25) is 11.8 Å². The topological polar surface area (TPSA) is 65.6 Å². The van der Waals surface area contributed by atoms with Crippen LogP contribution in [0.4, 0.5) is 4.39 Å². The zero-order chi connectivity index (χ0) is 27.7. The lowest BCUT2D eigenvalue weighted by Gasteiger charge is -2.56. The first-order chi connectivity index (χ1) is 19.4. The highest BCUT2D eigenvalue weighted by Gasteiger charge is 2.55. The summed E-state index contributed by atoms with van der Waals surface area (Å²) in [5.74, 6) is 1.73. The highest BCUT2D eigenvalue weighted by atomic mass is 19.1. The molecule has 0 aliphatic heterocycles. The molecule has 3 aromatic rings. The molecule has 4 aliphatic rings. The van der Waals surface area contributed by atoms with E-state index in [1.165, 1.54) is 31.4 Å². The van der Waals surface area contributed by atoms with Crippen LogP contribution in [0.25, 0.3) is 10.9 Å². The van der Waals surface area contributed by atoms with Crippen molar-refractivity contribution in [1.29, 1.82) is 0 Å². The summed E-state index contributed by atoms with van der Waals surface area (Å²) in [5.41, 5.74) is 2.77. The van der Waals surface area contributed by atoms with Crippen LogP contribution in [0, 0.1) is 29.0 Å². The number of amides is 2. The second-order valence-electron chi connectivity index (χ2n) is 12.5. The molecule has 1 aromatic heterocycles. The monoisotopic (exact) mass is 545 g/mol. The molecule has 2 amide bonds. The Morgan fingerprint density at radius 1 is 0.950 bits per heavy atom. The maximum absolute atomic E-state index is 14.2. The maximum Gasteiger partial charge on any atom is 0.242 e. The molecule has 7 heteroatoms. The van der Waals surface area contributed by atoms with E-state index in [-0.39, 0.29) is 29.6 Å². The molecule has 0 spiro atoms. The van der Waals surface area contributed by atoms with Crippen molar-refractivity contribution in [2.75, 3.05) is 33.4 Å². The van der Waals surface area contributed by atoms with Gasteiger partial charge in [0, 0.05) is 43.8 Å². The number of methoxy groups -OCH3 is 1. The van der Waals surface area contributed by atoms with Gasteiger partial charge < -0.3 is 19.5 Å². The third-order valence-corrected chi connectivity index (χ3v) is 9.64. The van der Waals surface area contributed by atoms with Crippen LogP contribution >= 0.6 is 0 Å². The number of halogens is 1. The number of fused-ring (bicyclic) bond motifs is 1. The molecule has 6 nitrogen and oxygen atoms in total. The molecule has 212 valence electrons. The second-order valence-corrected chi connectivity index (χ2v) is 12.5. The fourth-order valence-electron chi connectivity index (χ4n) is 8.12. The average Bonchev–Trinajstić information content (AvgIpc) is 3.36. The van der Waals surface area contributed by atoms with E-state index >= 15 is 0 Å². The van der Waals surface area contributed by atoms with Crippen LogP contribution in [0.2, 0.25) is 0 Å². The first-order valence-corrected chi connectivity index (χ1v) is 14.8. The number of hydrogen-bond donors (Lipinski definition) is 1. The molecule has 4 fully saturated rings. The molecule has 0 saturated heterocycles. The molecule has 1 N–H and O–H groups in total. The van der Waals surface area contributed by atoms with Crippen molar-refractivity contribution in [2.24, 2.45) is 23.2 Å². The summed E-state index contributed by atoms with van der Waals surface area (Å²) in [6, 6.07) is 14.5. The van der Waals surface area contributed by atoms with Crippen LogP contribution in [0.5, 0.6) is 0 Å². The van der Waals surface area contributed by atoms with Crippen molar-refractivity contribution < 1.29 is 18.7 Å². The number of nitrogens with zero attached hydrogens (tertiary/aromatic N) is 2. The number of carbonyl (C=O) groups excluding carboxylic acids is 2. The Kier molecular flexibility index (Phi) is 7.67. The lowest BCUT2D eigenvalue weighted by atomic mass is 9.49. The maximum atomic E-state index is 14.2. The fraction of sp³-hybridized carbons (Fsp3) is 0.515. The molecule has 4 aliphatic carbocycles. The highest BCUT2D eigenvalue weighted by Crippen LogP contribution is 2.60. The van der Waals surface area contributed by atoms with E-state index < -0.39 is 0 Å². The fourth-order valence-corrected chi connectivity index (χ4v) is 8.12. The molecular formula is C33H40FN3O3. The first-order valence-electron chi connectivity index (χ1n) is 14.8. The molecular weight excluding hydrogens is 505 g/mol.